The standard InChI is InChI=1S/C10H12O3/c1-5-6(2)8(12)10(4)9(3,13-10)7(5)11/h1-4H3. The van der Waals surface area contributed by atoms with Crippen LogP contribution in [-0.2, 0) is 14.3 Å². The van der Waals surface area contributed by atoms with E-state index in [1.54, 1.807) is 27.7 Å². The smallest absolute Gasteiger partial charge is 0.193 e. The van der Waals surface area contributed by atoms with Crippen LogP contribution in [0, 0.1) is 0 Å². The molecule has 2 unspecified atom stereocenters. The number of ether oxygens (including phenoxy) is 1. The highest BCUT2D eigenvalue weighted by Gasteiger charge is 2.74. The summed E-state index contributed by atoms with van der Waals surface area (Å²) in [6.45, 7) is 6.73. The first-order valence-corrected chi connectivity index (χ1v) is 4.32. The van der Waals surface area contributed by atoms with Crippen molar-refractivity contribution < 1.29 is 14.3 Å². The molecule has 0 saturated carbocycles. The molecule has 0 spiro atoms. The van der Waals surface area contributed by atoms with Crippen LogP contribution >= 0.6 is 0 Å². The third-order valence-corrected chi connectivity index (χ3v) is 3.39. The number of fused-ring (bicyclic) bond motifs is 1. The first-order chi connectivity index (χ1) is 5.84. The Kier molecular flexibility index (Phi) is 1.28. The number of hydrogen-bond donors (Lipinski definition) is 0. The van der Waals surface area contributed by atoms with Gasteiger partial charge in [-0.1, -0.05) is 0 Å². The largest absolute Gasteiger partial charge is 0.346 e. The van der Waals surface area contributed by atoms with E-state index in [2.05, 4.69) is 0 Å². The van der Waals surface area contributed by atoms with E-state index < -0.39 is 11.2 Å². The monoisotopic (exact) mass is 180 g/mol. The van der Waals surface area contributed by atoms with Crippen LogP contribution in [0.4, 0.5) is 0 Å². The Morgan fingerprint density at radius 3 is 1.54 bits per heavy atom. The van der Waals surface area contributed by atoms with Gasteiger partial charge in [-0.15, -0.1) is 0 Å². The summed E-state index contributed by atoms with van der Waals surface area (Å²) >= 11 is 0. The van der Waals surface area contributed by atoms with Gasteiger partial charge in [0.05, 0.1) is 0 Å². The van der Waals surface area contributed by atoms with Gasteiger partial charge < -0.3 is 4.74 Å². The number of carbonyl (C=O) groups excluding carboxylic acids is 2. The van der Waals surface area contributed by atoms with Crippen LogP contribution in [0.1, 0.15) is 27.7 Å². The molecule has 0 aromatic heterocycles. The lowest BCUT2D eigenvalue weighted by molar-refractivity contribution is -0.124. The minimum atomic E-state index is -0.881. The molecule has 2 aliphatic rings. The van der Waals surface area contributed by atoms with Crippen LogP contribution in [-0.4, -0.2) is 22.8 Å². The molecule has 0 bridgehead atoms. The van der Waals surface area contributed by atoms with E-state index in [4.69, 9.17) is 4.74 Å². The summed E-state index contributed by atoms with van der Waals surface area (Å²) in [7, 11) is 0. The Bertz CT molecular complexity index is 332. The van der Waals surface area contributed by atoms with Crippen molar-refractivity contribution >= 4 is 11.6 Å². The van der Waals surface area contributed by atoms with Crippen LogP contribution in [0.25, 0.3) is 0 Å². The van der Waals surface area contributed by atoms with E-state index in [1.165, 1.54) is 0 Å². The minimum absolute atomic E-state index is 0.0490. The highest BCUT2D eigenvalue weighted by molar-refractivity contribution is 6.22. The first kappa shape index (κ1) is 8.63. The van der Waals surface area contributed by atoms with E-state index in [-0.39, 0.29) is 11.6 Å². The second-order valence-electron chi connectivity index (χ2n) is 4.08. The van der Waals surface area contributed by atoms with Crippen molar-refractivity contribution in [3.63, 3.8) is 0 Å². The van der Waals surface area contributed by atoms with Gasteiger partial charge in [-0.2, -0.15) is 0 Å². The molecular formula is C10H12O3. The molecule has 0 radical (unpaired) electrons. The highest BCUT2D eigenvalue weighted by Crippen LogP contribution is 2.54. The maximum atomic E-state index is 11.7. The Morgan fingerprint density at radius 2 is 1.23 bits per heavy atom. The number of ketones is 2. The van der Waals surface area contributed by atoms with Crippen molar-refractivity contribution in [2.24, 2.45) is 0 Å². The lowest BCUT2D eigenvalue weighted by Crippen LogP contribution is -2.41. The fourth-order valence-corrected chi connectivity index (χ4v) is 1.96. The van der Waals surface area contributed by atoms with E-state index >= 15 is 0 Å². The molecule has 1 fully saturated rings. The highest BCUT2D eigenvalue weighted by atomic mass is 16.6. The summed E-state index contributed by atoms with van der Waals surface area (Å²) in [6, 6.07) is 0. The van der Waals surface area contributed by atoms with Gasteiger partial charge in [0.15, 0.2) is 22.8 Å². The zero-order valence-electron chi connectivity index (χ0n) is 8.22. The zero-order chi connectivity index (χ0) is 10.0. The molecule has 2 atom stereocenters. The Balaban J connectivity index is 2.61. The van der Waals surface area contributed by atoms with Crippen LogP contribution < -0.4 is 0 Å². The van der Waals surface area contributed by atoms with Gasteiger partial charge >= 0.3 is 0 Å². The third kappa shape index (κ3) is 0.695. The van der Waals surface area contributed by atoms with E-state index in [9.17, 15) is 9.59 Å². The molecule has 70 valence electrons. The predicted octanol–water partition coefficient (Wildman–Crippen LogP) is 1.02. The van der Waals surface area contributed by atoms with Crippen molar-refractivity contribution in [2.75, 3.05) is 0 Å². The molecule has 0 aromatic carbocycles. The Morgan fingerprint density at radius 1 is 0.923 bits per heavy atom. The van der Waals surface area contributed by atoms with Crippen molar-refractivity contribution in [1.82, 2.24) is 0 Å². The average molecular weight is 180 g/mol. The molecule has 0 amide bonds. The molecule has 3 nitrogen and oxygen atoms in total. The van der Waals surface area contributed by atoms with Gasteiger partial charge in [0.2, 0.25) is 0 Å². The maximum Gasteiger partial charge on any atom is 0.193 e. The van der Waals surface area contributed by atoms with Crippen LogP contribution in [0.15, 0.2) is 11.1 Å². The van der Waals surface area contributed by atoms with Gasteiger partial charge in [0.1, 0.15) is 0 Å². The maximum absolute atomic E-state index is 11.7. The number of epoxide rings is 1. The molecule has 13 heavy (non-hydrogen) atoms. The molecule has 1 aliphatic heterocycles. The van der Waals surface area contributed by atoms with Crippen molar-refractivity contribution in [3.8, 4) is 0 Å². The van der Waals surface area contributed by atoms with E-state index in [0.717, 1.165) is 0 Å². The van der Waals surface area contributed by atoms with Crippen LogP contribution in [0.5, 0.6) is 0 Å². The van der Waals surface area contributed by atoms with E-state index in [0.29, 0.717) is 11.1 Å². The quantitative estimate of drug-likeness (QED) is 0.523. The summed E-state index contributed by atoms with van der Waals surface area (Å²) in [5.74, 6) is -0.0980. The van der Waals surface area contributed by atoms with Gasteiger partial charge in [0, 0.05) is 11.1 Å². The van der Waals surface area contributed by atoms with Gasteiger partial charge in [-0.3, -0.25) is 9.59 Å². The molecule has 2 rings (SSSR count). The molecule has 0 aromatic rings. The van der Waals surface area contributed by atoms with Gasteiger partial charge in [0.25, 0.3) is 0 Å². The zero-order valence-corrected chi connectivity index (χ0v) is 8.22. The van der Waals surface area contributed by atoms with Crippen molar-refractivity contribution in [2.45, 2.75) is 38.9 Å². The Labute approximate surface area is 76.8 Å². The second-order valence-corrected chi connectivity index (χ2v) is 4.08. The topological polar surface area (TPSA) is 46.7 Å². The molecule has 1 aliphatic carbocycles. The minimum Gasteiger partial charge on any atom is -0.346 e. The van der Waals surface area contributed by atoms with Crippen molar-refractivity contribution in [1.29, 1.82) is 0 Å². The first-order valence-electron chi connectivity index (χ1n) is 4.32. The molecule has 3 heteroatoms. The summed E-state index contributed by atoms with van der Waals surface area (Å²) in [6.07, 6.45) is 0. The molecule has 0 N–H and O–H groups in total. The lowest BCUT2D eigenvalue weighted by Gasteiger charge is -2.18. The van der Waals surface area contributed by atoms with Gasteiger partial charge in [-0.25, -0.2) is 0 Å². The number of rotatable bonds is 0. The third-order valence-electron chi connectivity index (χ3n) is 3.39. The summed E-state index contributed by atoms with van der Waals surface area (Å²) < 4.78 is 5.28. The normalized spacial score (nSPS) is 43.7. The average Bonchev–Trinajstić information content (AvgIpc) is 2.66. The number of carbonyl (C=O) groups is 2. The van der Waals surface area contributed by atoms with Crippen LogP contribution in [0.3, 0.4) is 0 Å². The summed E-state index contributed by atoms with van der Waals surface area (Å²) in [4.78, 5) is 23.4. The number of Topliss-reactive ketones (excluding diaryl/α,β-unsaturated/α-hetero) is 2. The summed E-state index contributed by atoms with van der Waals surface area (Å²) in [5.41, 5.74) is -0.675. The summed E-state index contributed by atoms with van der Waals surface area (Å²) in [5, 5.41) is 0. The molecule has 1 saturated heterocycles. The van der Waals surface area contributed by atoms with Crippen molar-refractivity contribution in [3.05, 3.63) is 11.1 Å². The fourth-order valence-electron chi connectivity index (χ4n) is 1.96. The predicted molar refractivity (Wildman–Crippen MR) is 46.3 cm³/mol. The Hall–Kier alpha value is -0.960. The lowest BCUT2D eigenvalue weighted by atomic mass is 9.77. The molecule has 1 heterocycles. The fraction of sp³-hybridized carbons (Fsp3) is 0.600. The SMILES string of the molecule is CC1=C(C)C(=O)C2(C)OC2(C)C1=O. The molecular weight excluding hydrogens is 168 g/mol. The second kappa shape index (κ2) is 1.93. The van der Waals surface area contributed by atoms with Crippen LogP contribution in [0.2, 0.25) is 0 Å². The number of hydrogen-bond acceptors (Lipinski definition) is 3. The van der Waals surface area contributed by atoms with E-state index in [1.807, 2.05) is 0 Å². The van der Waals surface area contributed by atoms with Gasteiger partial charge in [-0.05, 0) is 27.7 Å².